The Morgan fingerprint density at radius 3 is 2.72 bits per heavy atom. The lowest BCUT2D eigenvalue weighted by Gasteiger charge is -2.30. The number of nitrogens with one attached hydrogen (secondary N) is 1. The highest BCUT2D eigenvalue weighted by Gasteiger charge is 2.31. The van der Waals surface area contributed by atoms with Gasteiger partial charge in [-0.3, -0.25) is 14.5 Å². The first-order valence-corrected chi connectivity index (χ1v) is 9.28. The summed E-state index contributed by atoms with van der Waals surface area (Å²) >= 11 is 6.02. The lowest BCUT2D eigenvalue weighted by Crippen LogP contribution is -2.47. The fourth-order valence-corrected chi connectivity index (χ4v) is 3.44. The Morgan fingerprint density at radius 1 is 1.17 bits per heavy atom. The smallest absolute Gasteiger partial charge is 0.339 e. The van der Waals surface area contributed by atoms with Crippen LogP contribution in [0.2, 0.25) is 5.15 Å². The van der Waals surface area contributed by atoms with Crippen molar-refractivity contribution in [3.8, 4) is 0 Å². The molecule has 0 saturated carbocycles. The molecular weight excluding hydrogens is 394 g/mol. The topological polar surface area (TPSA) is 88.6 Å². The average Bonchev–Trinajstić information content (AvgIpc) is 2.71. The van der Waals surface area contributed by atoms with E-state index in [0.29, 0.717) is 22.3 Å². The SMILES string of the molecule is C[C@H](OC(=O)c1cc(Cl)nc2ccccc12)C(=O)N1CC(=O)Nc2ccccc21. The van der Waals surface area contributed by atoms with Crippen molar-refractivity contribution < 1.29 is 19.1 Å². The van der Waals surface area contributed by atoms with Gasteiger partial charge in [0.25, 0.3) is 5.91 Å². The van der Waals surface area contributed by atoms with Crippen molar-refractivity contribution >= 4 is 51.7 Å². The van der Waals surface area contributed by atoms with Gasteiger partial charge in [-0.25, -0.2) is 9.78 Å². The van der Waals surface area contributed by atoms with Crippen LogP contribution in [-0.2, 0) is 14.3 Å². The molecule has 7 nitrogen and oxygen atoms in total. The number of fused-ring (bicyclic) bond motifs is 2. The molecule has 146 valence electrons. The van der Waals surface area contributed by atoms with Gasteiger partial charge in [0, 0.05) is 5.39 Å². The van der Waals surface area contributed by atoms with E-state index in [1.807, 2.05) is 0 Å². The van der Waals surface area contributed by atoms with Crippen LogP contribution in [0.4, 0.5) is 11.4 Å². The number of carbonyl (C=O) groups excluding carboxylic acids is 3. The van der Waals surface area contributed by atoms with E-state index in [2.05, 4.69) is 10.3 Å². The van der Waals surface area contributed by atoms with Crippen LogP contribution in [-0.4, -0.2) is 35.4 Å². The molecule has 29 heavy (non-hydrogen) atoms. The number of halogens is 1. The predicted octanol–water partition coefficient (Wildman–Crippen LogP) is 3.42. The molecule has 3 aromatic rings. The maximum atomic E-state index is 12.9. The molecule has 1 atom stereocenters. The van der Waals surface area contributed by atoms with E-state index in [4.69, 9.17) is 16.3 Å². The first-order valence-electron chi connectivity index (χ1n) is 8.90. The second-order valence-corrected chi connectivity index (χ2v) is 6.93. The van der Waals surface area contributed by atoms with E-state index < -0.39 is 18.0 Å². The van der Waals surface area contributed by atoms with Crippen LogP contribution in [0.3, 0.4) is 0 Å². The van der Waals surface area contributed by atoms with E-state index in [1.54, 1.807) is 48.5 Å². The molecule has 0 saturated heterocycles. The summed E-state index contributed by atoms with van der Waals surface area (Å²) in [5.41, 5.74) is 1.85. The summed E-state index contributed by atoms with van der Waals surface area (Å²) in [6.07, 6.45) is -1.10. The van der Waals surface area contributed by atoms with Crippen LogP contribution >= 0.6 is 11.6 Å². The zero-order chi connectivity index (χ0) is 20.5. The molecule has 0 spiro atoms. The van der Waals surface area contributed by atoms with Crippen LogP contribution in [0, 0.1) is 0 Å². The van der Waals surface area contributed by atoms with Gasteiger partial charge in [-0.2, -0.15) is 0 Å². The largest absolute Gasteiger partial charge is 0.449 e. The molecule has 0 bridgehead atoms. The highest BCUT2D eigenvalue weighted by molar-refractivity contribution is 6.30. The maximum absolute atomic E-state index is 12.9. The molecule has 0 radical (unpaired) electrons. The predicted molar refractivity (Wildman–Crippen MR) is 109 cm³/mol. The van der Waals surface area contributed by atoms with Crippen molar-refractivity contribution in [3.05, 3.63) is 65.3 Å². The molecule has 1 aliphatic rings. The number of anilines is 2. The Balaban J connectivity index is 1.59. The minimum atomic E-state index is -1.10. The molecule has 2 amide bonds. The Morgan fingerprint density at radius 2 is 1.90 bits per heavy atom. The van der Waals surface area contributed by atoms with Gasteiger partial charge in [-0.15, -0.1) is 0 Å². The first kappa shape index (κ1) is 18.9. The standard InChI is InChI=1S/C21H16ClN3O4/c1-12(20(27)25-11-19(26)24-16-8-4-5-9-17(16)25)29-21(28)14-10-18(22)23-15-7-3-2-6-13(14)15/h2-10,12H,11H2,1H3,(H,24,26)/t12-/m0/s1. The van der Waals surface area contributed by atoms with Crippen molar-refractivity contribution in [2.75, 3.05) is 16.8 Å². The third-order valence-electron chi connectivity index (χ3n) is 4.57. The third-order valence-corrected chi connectivity index (χ3v) is 4.77. The molecule has 0 fully saturated rings. The molecule has 1 aromatic heterocycles. The fourth-order valence-electron chi connectivity index (χ4n) is 3.24. The summed E-state index contributed by atoms with van der Waals surface area (Å²) in [6.45, 7) is 1.32. The first-order chi connectivity index (χ1) is 13.9. The summed E-state index contributed by atoms with van der Waals surface area (Å²) in [6, 6.07) is 15.4. The number of nitrogens with zero attached hydrogens (tertiary/aromatic N) is 2. The average molecular weight is 410 g/mol. The molecule has 0 unspecified atom stereocenters. The molecule has 2 aromatic carbocycles. The second kappa shape index (κ2) is 7.52. The summed E-state index contributed by atoms with van der Waals surface area (Å²) in [5, 5.41) is 3.44. The number of carbonyl (C=O) groups is 3. The van der Waals surface area contributed by atoms with E-state index >= 15 is 0 Å². The number of esters is 1. The summed E-state index contributed by atoms with van der Waals surface area (Å²) < 4.78 is 5.42. The van der Waals surface area contributed by atoms with Crippen LogP contribution in [0.25, 0.3) is 10.9 Å². The molecule has 4 rings (SSSR count). The van der Waals surface area contributed by atoms with Crippen molar-refractivity contribution in [1.29, 1.82) is 0 Å². The fraction of sp³-hybridized carbons (Fsp3) is 0.143. The van der Waals surface area contributed by atoms with E-state index in [9.17, 15) is 14.4 Å². The van der Waals surface area contributed by atoms with Crippen molar-refractivity contribution in [3.63, 3.8) is 0 Å². The number of aromatic nitrogens is 1. The van der Waals surface area contributed by atoms with Gasteiger partial charge in [0.15, 0.2) is 6.10 Å². The van der Waals surface area contributed by atoms with Crippen LogP contribution in [0.5, 0.6) is 0 Å². The van der Waals surface area contributed by atoms with Gasteiger partial charge >= 0.3 is 5.97 Å². The zero-order valence-electron chi connectivity index (χ0n) is 15.4. The second-order valence-electron chi connectivity index (χ2n) is 6.55. The minimum absolute atomic E-state index is 0.149. The monoisotopic (exact) mass is 409 g/mol. The zero-order valence-corrected chi connectivity index (χ0v) is 16.1. The van der Waals surface area contributed by atoms with Gasteiger partial charge in [0.2, 0.25) is 5.91 Å². The Labute approximate surface area is 171 Å². The highest BCUT2D eigenvalue weighted by atomic mass is 35.5. The number of hydrogen-bond donors (Lipinski definition) is 1. The lowest BCUT2D eigenvalue weighted by atomic mass is 10.1. The van der Waals surface area contributed by atoms with E-state index in [0.717, 1.165) is 0 Å². The number of hydrogen-bond acceptors (Lipinski definition) is 5. The Bertz CT molecular complexity index is 1150. The summed E-state index contributed by atoms with van der Waals surface area (Å²) in [7, 11) is 0. The molecule has 8 heteroatoms. The van der Waals surface area contributed by atoms with Crippen LogP contribution in [0.1, 0.15) is 17.3 Å². The van der Waals surface area contributed by atoms with Gasteiger partial charge in [0.05, 0.1) is 22.5 Å². The maximum Gasteiger partial charge on any atom is 0.339 e. The van der Waals surface area contributed by atoms with Crippen molar-refractivity contribution in [1.82, 2.24) is 4.98 Å². The quantitative estimate of drug-likeness (QED) is 0.529. The number of pyridine rings is 1. The molecule has 1 N–H and O–H groups in total. The summed E-state index contributed by atoms with van der Waals surface area (Å²) in [5.74, 6) is -1.51. The highest BCUT2D eigenvalue weighted by Crippen LogP contribution is 2.30. The Kier molecular flexibility index (Phi) is 4.90. The van der Waals surface area contributed by atoms with Crippen LogP contribution < -0.4 is 10.2 Å². The van der Waals surface area contributed by atoms with Gasteiger partial charge < -0.3 is 10.1 Å². The van der Waals surface area contributed by atoms with Crippen molar-refractivity contribution in [2.24, 2.45) is 0 Å². The van der Waals surface area contributed by atoms with E-state index in [1.165, 1.54) is 17.9 Å². The van der Waals surface area contributed by atoms with Gasteiger partial charge in [-0.1, -0.05) is 41.9 Å². The minimum Gasteiger partial charge on any atom is -0.449 e. The number of amides is 2. The number of rotatable bonds is 3. The van der Waals surface area contributed by atoms with Crippen LogP contribution in [0.15, 0.2) is 54.6 Å². The number of benzene rings is 2. The third kappa shape index (κ3) is 3.64. The molecular formula is C21H16ClN3O4. The van der Waals surface area contributed by atoms with Gasteiger partial charge in [0.1, 0.15) is 11.7 Å². The number of para-hydroxylation sites is 3. The normalized spacial score (nSPS) is 14.1. The van der Waals surface area contributed by atoms with Gasteiger partial charge in [-0.05, 0) is 31.2 Å². The Hall–Kier alpha value is -3.45. The van der Waals surface area contributed by atoms with E-state index in [-0.39, 0.29) is 23.2 Å². The molecule has 1 aliphatic heterocycles. The molecule has 2 heterocycles. The lowest BCUT2D eigenvalue weighted by molar-refractivity contribution is -0.128. The molecule has 0 aliphatic carbocycles. The number of ether oxygens (including phenoxy) is 1. The van der Waals surface area contributed by atoms with Crippen molar-refractivity contribution in [2.45, 2.75) is 13.0 Å². The summed E-state index contributed by atoms with van der Waals surface area (Å²) in [4.78, 5) is 43.1.